The molecule has 0 aliphatic heterocycles. The van der Waals surface area contributed by atoms with Crippen LogP contribution in [0.25, 0.3) is 0 Å². The van der Waals surface area contributed by atoms with Crippen LogP contribution in [0.2, 0.25) is 0 Å². The third-order valence-corrected chi connectivity index (χ3v) is 5.43. The molecule has 0 atom stereocenters. The minimum atomic E-state index is -3.68. The van der Waals surface area contributed by atoms with Gasteiger partial charge in [0.15, 0.2) is 0 Å². The van der Waals surface area contributed by atoms with Gasteiger partial charge in [0.2, 0.25) is 10.0 Å². The smallest absolute Gasteiger partial charge is 0.240 e. The first-order chi connectivity index (χ1) is 9.90. The second kappa shape index (κ2) is 6.81. The molecule has 0 saturated heterocycles. The lowest BCUT2D eigenvalue weighted by Crippen LogP contribution is -2.34. The Labute approximate surface area is 130 Å². The Kier molecular flexibility index (Phi) is 5.29. The highest BCUT2D eigenvalue weighted by molar-refractivity contribution is 7.89. The predicted molar refractivity (Wildman–Crippen MR) is 84.1 cm³/mol. The molecule has 0 spiro atoms. The first-order valence-electron chi connectivity index (χ1n) is 7.02. The summed E-state index contributed by atoms with van der Waals surface area (Å²) in [4.78, 5) is -0.157. The molecule has 0 amide bonds. The van der Waals surface area contributed by atoms with Gasteiger partial charge in [-0.15, -0.1) is 0 Å². The van der Waals surface area contributed by atoms with Crippen molar-refractivity contribution in [2.45, 2.75) is 49.5 Å². The van der Waals surface area contributed by atoms with Crippen molar-refractivity contribution < 1.29 is 12.8 Å². The number of nitrogens with one attached hydrogen (secondary N) is 1. The zero-order valence-corrected chi connectivity index (χ0v) is 13.3. The zero-order chi connectivity index (χ0) is 15.5. The largest absolute Gasteiger partial charge is 0.389 e. The molecular formula is C14H19FN2O2S2. The molecule has 116 valence electrons. The fraction of sp³-hybridized carbons (Fsp3) is 0.500. The number of rotatable bonds is 4. The molecule has 1 aromatic rings. The molecule has 7 heteroatoms. The number of hydrogen-bond acceptors (Lipinski definition) is 3. The maximum absolute atomic E-state index is 13.5. The van der Waals surface area contributed by atoms with E-state index in [0.29, 0.717) is 0 Å². The van der Waals surface area contributed by atoms with E-state index in [2.05, 4.69) is 4.72 Å². The molecule has 1 fully saturated rings. The van der Waals surface area contributed by atoms with Crippen molar-refractivity contribution in [1.82, 2.24) is 4.72 Å². The standard InChI is InChI=1S/C14H19FN2O2S2/c15-13-8-7-11(9-12(13)14(16)20)21(18,19)17-10-5-3-1-2-4-6-10/h7-10,17H,1-6H2,(H2,16,20). The van der Waals surface area contributed by atoms with Crippen LogP contribution >= 0.6 is 12.2 Å². The summed E-state index contributed by atoms with van der Waals surface area (Å²) in [7, 11) is -3.68. The minimum Gasteiger partial charge on any atom is -0.389 e. The number of thiocarbonyl (C=S) groups is 1. The van der Waals surface area contributed by atoms with E-state index in [4.69, 9.17) is 18.0 Å². The third kappa shape index (κ3) is 4.21. The Balaban J connectivity index is 2.22. The summed E-state index contributed by atoms with van der Waals surface area (Å²) in [6, 6.07) is 3.44. The Hall–Kier alpha value is -1.05. The number of nitrogens with two attached hydrogens (primary N) is 1. The molecule has 0 heterocycles. The summed E-state index contributed by atoms with van der Waals surface area (Å²) in [6.07, 6.45) is 6.00. The van der Waals surface area contributed by atoms with E-state index in [0.717, 1.165) is 44.6 Å². The van der Waals surface area contributed by atoms with Crippen LogP contribution in [0, 0.1) is 5.82 Å². The fourth-order valence-corrected chi connectivity index (χ4v) is 4.03. The molecule has 1 aliphatic carbocycles. The number of halogens is 1. The van der Waals surface area contributed by atoms with Crippen LogP contribution in [0.5, 0.6) is 0 Å². The molecule has 2 rings (SSSR count). The van der Waals surface area contributed by atoms with Gasteiger partial charge in [0.05, 0.1) is 4.90 Å². The van der Waals surface area contributed by atoms with Crippen LogP contribution in [0.3, 0.4) is 0 Å². The van der Waals surface area contributed by atoms with Gasteiger partial charge in [0.25, 0.3) is 0 Å². The SMILES string of the molecule is NC(=S)c1cc(S(=O)(=O)NC2CCCCCC2)ccc1F. The van der Waals surface area contributed by atoms with Gasteiger partial charge in [-0.3, -0.25) is 0 Å². The summed E-state index contributed by atoms with van der Waals surface area (Å²) >= 11 is 4.73. The van der Waals surface area contributed by atoms with Crippen molar-refractivity contribution in [1.29, 1.82) is 0 Å². The van der Waals surface area contributed by atoms with Crippen molar-refractivity contribution in [3.8, 4) is 0 Å². The Morgan fingerprint density at radius 2 is 1.86 bits per heavy atom. The van der Waals surface area contributed by atoms with Crippen molar-refractivity contribution in [2.24, 2.45) is 5.73 Å². The maximum atomic E-state index is 13.5. The molecule has 0 radical (unpaired) electrons. The molecule has 3 N–H and O–H groups in total. The van der Waals surface area contributed by atoms with E-state index in [9.17, 15) is 12.8 Å². The summed E-state index contributed by atoms with van der Waals surface area (Å²) in [5, 5.41) is 0. The number of hydrogen-bond donors (Lipinski definition) is 2. The monoisotopic (exact) mass is 330 g/mol. The summed E-state index contributed by atoms with van der Waals surface area (Å²) in [6.45, 7) is 0. The fourth-order valence-electron chi connectivity index (χ4n) is 2.55. The van der Waals surface area contributed by atoms with Crippen LogP contribution in [0.15, 0.2) is 23.1 Å². The highest BCUT2D eigenvalue weighted by atomic mass is 32.2. The molecule has 0 bridgehead atoms. The zero-order valence-electron chi connectivity index (χ0n) is 11.6. The van der Waals surface area contributed by atoms with Crippen LogP contribution in [0.1, 0.15) is 44.1 Å². The van der Waals surface area contributed by atoms with Gasteiger partial charge in [-0.05, 0) is 31.0 Å². The molecule has 1 aromatic carbocycles. The lowest BCUT2D eigenvalue weighted by Gasteiger charge is -2.16. The topological polar surface area (TPSA) is 72.2 Å². The van der Waals surface area contributed by atoms with Gasteiger partial charge >= 0.3 is 0 Å². The number of benzene rings is 1. The van der Waals surface area contributed by atoms with Crippen molar-refractivity contribution in [3.63, 3.8) is 0 Å². The van der Waals surface area contributed by atoms with Crippen LogP contribution < -0.4 is 10.5 Å². The average molecular weight is 330 g/mol. The van der Waals surface area contributed by atoms with E-state index < -0.39 is 15.8 Å². The van der Waals surface area contributed by atoms with Crippen LogP contribution in [0.4, 0.5) is 4.39 Å². The first kappa shape index (κ1) is 16.3. The summed E-state index contributed by atoms with van der Waals surface area (Å²) < 4.78 is 41.0. The molecule has 0 unspecified atom stereocenters. The molecular weight excluding hydrogens is 311 g/mol. The van der Waals surface area contributed by atoms with Crippen molar-refractivity contribution in [3.05, 3.63) is 29.6 Å². The molecule has 1 saturated carbocycles. The van der Waals surface area contributed by atoms with Gasteiger partial charge in [-0.25, -0.2) is 17.5 Å². The van der Waals surface area contributed by atoms with E-state index in [1.807, 2.05) is 0 Å². The average Bonchev–Trinajstić information content (AvgIpc) is 2.66. The summed E-state index contributed by atoms with van der Waals surface area (Å²) in [5.41, 5.74) is 5.36. The predicted octanol–water partition coefficient (Wildman–Crippen LogP) is 2.46. The van der Waals surface area contributed by atoms with Crippen molar-refractivity contribution >= 4 is 27.2 Å². The Morgan fingerprint density at radius 3 is 2.43 bits per heavy atom. The molecule has 21 heavy (non-hydrogen) atoms. The Morgan fingerprint density at radius 1 is 1.24 bits per heavy atom. The normalized spacial score (nSPS) is 17.4. The second-order valence-corrected chi connectivity index (χ2v) is 7.47. The van der Waals surface area contributed by atoms with Gasteiger partial charge < -0.3 is 5.73 Å². The van der Waals surface area contributed by atoms with Crippen LogP contribution in [-0.4, -0.2) is 19.4 Å². The number of sulfonamides is 1. The van der Waals surface area contributed by atoms with E-state index in [1.54, 1.807) is 0 Å². The first-order valence-corrected chi connectivity index (χ1v) is 8.91. The third-order valence-electron chi connectivity index (χ3n) is 3.69. The van der Waals surface area contributed by atoms with Gasteiger partial charge in [0.1, 0.15) is 10.8 Å². The van der Waals surface area contributed by atoms with Gasteiger partial charge in [0, 0.05) is 11.6 Å². The Bertz CT molecular complexity index is 624. The highest BCUT2D eigenvalue weighted by Crippen LogP contribution is 2.20. The molecule has 1 aliphatic rings. The highest BCUT2D eigenvalue weighted by Gasteiger charge is 2.22. The van der Waals surface area contributed by atoms with Crippen molar-refractivity contribution in [2.75, 3.05) is 0 Å². The minimum absolute atomic E-state index is 0.00375. The quantitative estimate of drug-likeness (QED) is 0.657. The summed E-state index contributed by atoms with van der Waals surface area (Å²) in [5.74, 6) is -0.615. The lowest BCUT2D eigenvalue weighted by atomic mass is 10.1. The maximum Gasteiger partial charge on any atom is 0.240 e. The molecule has 4 nitrogen and oxygen atoms in total. The van der Waals surface area contributed by atoms with Gasteiger partial charge in [-0.2, -0.15) is 0 Å². The van der Waals surface area contributed by atoms with E-state index >= 15 is 0 Å². The second-order valence-electron chi connectivity index (χ2n) is 5.32. The van der Waals surface area contributed by atoms with E-state index in [-0.39, 0.29) is 21.5 Å². The van der Waals surface area contributed by atoms with E-state index in [1.165, 1.54) is 12.1 Å². The van der Waals surface area contributed by atoms with Crippen LogP contribution in [-0.2, 0) is 10.0 Å². The van der Waals surface area contributed by atoms with Gasteiger partial charge in [-0.1, -0.05) is 37.9 Å². The molecule has 0 aromatic heterocycles. The lowest BCUT2D eigenvalue weighted by molar-refractivity contribution is 0.509.